The first-order valence-corrected chi connectivity index (χ1v) is 12.4. The first-order valence-electron chi connectivity index (χ1n) is 12.4. The van der Waals surface area contributed by atoms with Gasteiger partial charge in [-0.3, -0.25) is 0 Å². The van der Waals surface area contributed by atoms with E-state index in [2.05, 4.69) is 30.4 Å². The third-order valence-electron chi connectivity index (χ3n) is 6.56. The van der Waals surface area contributed by atoms with Gasteiger partial charge in [-0.05, 0) is 25.3 Å². The molecule has 10 nitrogen and oxygen atoms in total. The van der Waals surface area contributed by atoms with E-state index in [1.165, 1.54) is 10.9 Å². The second-order valence-electron chi connectivity index (χ2n) is 9.18. The van der Waals surface area contributed by atoms with Crippen molar-refractivity contribution in [3.63, 3.8) is 0 Å². The number of anilines is 1. The molecule has 0 saturated heterocycles. The number of fused-ring (bicyclic) bond motifs is 1. The number of aromatic nitrogens is 8. The van der Waals surface area contributed by atoms with Crippen LogP contribution in [0.25, 0.3) is 28.4 Å². The Bertz CT molecular complexity index is 1640. The molecular formula is C26H24F3N9O. The van der Waals surface area contributed by atoms with Crippen molar-refractivity contribution in [2.75, 3.05) is 12.4 Å². The van der Waals surface area contributed by atoms with Gasteiger partial charge in [0.05, 0.1) is 12.8 Å². The van der Waals surface area contributed by atoms with Gasteiger partial charge in [0.25, 0.3) is 0 Å². The number of hydrogen-bond acceptors (Lipinski definition) is 8. The molecule has 13 heteroatoms. The summed E-state index contributed by atoms with van der Waals surface area (Å²) < 4.78 is 48.2. The zero-order chi connectivity index (χ0) is 27.1. The summed E-state index contributed by atoms with van der Waals surface area (Å²) in [5.41, 5.74) is 2.66. The second kappa shape index (κ2) is 9.64. The number of nitrogens with zero attached hydrogens (tertiary/aromatic N) is 8. The van der Waals surface area contributed by atoms with Crippen LogP contribution >= 0.6 is 0 Å². The number of nitrogens with one attached hydrogen (secondary N) is 1. The van der Waals surface area contributed by atoms with E-state index < -0.39 is 11.9 Å². The van der Waals surface area contributed by atoms with Crippen molar-refractivity contribution in [2.24, 2.45) is 0 Å². The molecule has 39 heavy (non-hydrogen) atoms. The van der Waals surface area contributed by atoms with Gasteiger partial charge in [0, 0.05) is 43.2 Å². The topological polar surface area (TPSA) is 108 Å². The standard InChI is InChI=1S/C26H24F3N9O/c1-3-37-13-18(26(27,28)29)34-23(37)17-6-4-15(5-7-17)12-31-22-24-30-10-11-38(24)36-21(35-22)19-20(16-8-9-16)32-14-33-25(19)39-2/h4-7,10-11,13-14,16H,3,8-9,12H2,1-2H3,(H,31,35,36). The SMILES string of the molecule is CCn1cc(C(F)(F)F)nc1-c1ccc(CNc2nc(-c3c(OC)ncnc3C3CC3)nn3ccnc23)cc1. The summed E-state index contributed by atoms with van der Waals surface area (Å²) in [5.74, 6) is 1.94. The van der Waals surface area contributed by atoms with Crippen molar-refractivity contribution < 1.29 is 17.9 Å². The summed E-state index contributed by atoms with van der Waals surface area (Å²) in [6.07, 6.45) is 3.48. The minimum atomic E-state index is -4.50. The lowest BCUT2D eigenvalue weighted by molar-refractivity contribution is -0.140. The van der Waals surface area contributed by atoms with Gasteiger partial charge in [-0.25, -0.2) is 29.4 Å². The third kappa shape index (κ3) is 4.75. The van der Waals surface area contributed by atoms with Gasteiger partial charge in [-0.1, -0.05) is 24.3 Å². The van der Waals surface area contributed by atoms with Crippen molar-refractivity contribution in [1.82, 2.24) is 39.1 Å². The quantitative estimate of drug-likeness (QED) is 0.296. The zero-order valence-electron chi connectivity index (χ0n) is 21.1. The summed E-state index contributed by atoms with van der Waals surface area (Å²) in [4.78, 5) is 21.7. The normalized spacial score (nSPS) is 13.7. The zero-order valence-corrected chi connectivity index (χ0v) is 21.1. The number of imidazole rings is 2. The Morgan fingerprint density at radius 3 is 2.56 bits per heavy atom. The molecule has 1 saturated carbocycles. The van der Waals surface area contributed by atoms with Crippen molar-refractivity contribution in [3.05, 3.63) is 66.1 Å². The second-order valence-corrected chi connectivity index (χ2v) is 9.18. The number of methoxy groups -OCH3 is 1. The highest BCUT2D eigenvalue weighted by Gasteiger charge is 2.35. The number of benzene rings is 1. The summed E-state index contributed by atoms with van der Waals surface area (Å²) in [7, 11) is 1.55. The van der Waals surface area contributed by atoms with E-state index in [-0.39, 0.29) is 5.82 Å². The molecule has 0 spiro atoms. The number of hydrogen-bond donors (Lipinski definition) is 1. The van der Waals surface area contributed by atoms with Crippen LogP contribution in [0.1, 0.15) is 42.6 Å². The highest BCUT2D eigenvalue weighted by Crippen LogP contribution is 2.45. The maximum absolute atomic E-state index is 13.2. The molecule has 1 aliphatic carbocycles. The Labute approximate surface area is 221 Å². The lowest BCUT2D eigenvalue weighted by Crippen LogP contribution is -2.09. The van der Waals surface area contributed by atoms with E-state index in [0.29, 0.717) is 53.3 Å². The first-order chi connectivity index (χ1) is 18.9. The average molecular weight is 536 g/mol. The van der Waals surface area contributed by atoms with Crippen LogP contribution in [0.2, 0.25) is 0 Å². The molecule has 4 aromatic heterocycles. The van der Waals surface area contributed by atoms with Gasteiger partial charge in [0.2, 0.25) is 5.88 Å². The molecule has 0 radical (unpaired) electrons. The molecule has 5 aromatic rings. The minimum Gasteiger partial charge on any atom is -0.480 e. The number of halogens is 3. The van der Waals surface area contributed by atoms with Gasteiger partial charge in [-0.15, -0.1) is 5.10 Å². The predicted octanol–water partition coefficient (Wildman–Crippen LogP) is 4.98. The molecule has 0 bridgehead atoms. The molecule has 1 N–H and O–H groups in total. The van der Waals surface area contributed by atoms with Crippen molar-refractivity contribution >= 4 is 11.5 Å². The molecule has 1 aromatic carbocycles. The van der Waals surface area contributed by atoms with Gasteiger partial charge in [0.1, 0.15) is 17.7 Å². The molecule has 200 valence electrons. The Morgan fingerprint density at radius 1 is 1.08 bits per heavy atom. The van der Waals surface area contributed by atoms with Gasteiger partial charge < -0.3 is 14.6 Å². The largest absolute Gasteiger partial charge is 0.480 e. The van der Waals surface area contributed by atoms with Crippen molar-refractivity contribution in [1.29, 1.82) is 0 Å². The van der Waals surface area contributed by atoms with Crippen LogP contribution in [0.15, 0.2) is 49.2 Å². The van der Waals surface area contributed by atoms with E-state index in [0.717, 1.165) is 30.3 Å². The van der Waals surface area contributed by atoms with Crippen molar-refractivity contribution in [3.8, 4) is 28.7 Å². The molecule has 4 heterocycles. The summed E-state index contributed by atoms with van der Waals surface area (Å²) in [6.45, 7) is 2.55. The lowest BCUT2D eigenvalue weighted by atomic mass is 10.1. The number of ether oxygens (including phenoxy) is 1. The Kier molecular flexibility index (Phi) is 6.12. The number of aryl methyl sites for hydroxylation is 1. The van der Waals surface area contributed by atoms with Gasteiger partial charge in [0.15, 0.2) is 23.0 Å². The molecule has 1 aliphatic rings. The van der Waals surface area contributed by atoms with Crippen LogP contribution in [-0.2, 0) is 19.3 Å². The molecule has 6 rings (SSSR count). The fourth-order valence-electron chi connectivity index (χ4n) is 4.45. The van der Waals surface area contributed by atoms with Crippen LogP contribution in [0.4, 0.5) is 19.0 Å². The lowest BCUT2D eigenvalue weighted by Gasteiger charge is -2.13. The molecule has 1 fully saturated rings. The first kappa shape index (κ1) is 24.8. The summed E-state index contributed by atoms with van der Waals surface area (Å²) in [6, 6.07) is 7.20. The molecular weight excluding hydrogens is 511 g/mol. The molecule has 0 unspecified atom stereocenters. The predicted molar refractivity (Wildman–Crippen MR) is 136 cm³/mol. The molecule has 0 aliphatic heterocycles. The van der Waals surface area contributed by atoms with E-state index in [4.69, 9.17) is 9.72 Å². The Balaban J connectivity index is 1.28. The van der Waals surface area contributed by atoms with Crippen molar-refractivity contribution in [2.45, 2.75) is 44.9 Å². The van der Waals surface area contributed by atoms with Crippen LogP contribution in [0.3, 0.4) is 0 Å². The highest BCUT2D eigenvalue weighted by atomic mass is 19.4. The maximum Gasteiger partial charge on any atom is 0.434 e. The average Bonchev–Trinajstić information content (AvgIpc) is 3.50. The minimum absolute atomic E-state index is 0.273. The van der Waals surface area contributed by atoms with Crippen LogP contribution in [0.5, 0.6) is 5.88 Å². The fraction of sp³-hybridized carbons (Fsp3) is 0.308. The van der Waals surface area contributed by atoms with E-state index in [9.17, 15) is 13.2 Å². The smallest absolute Gasteiger partial charge is 0.434 e. The van der Waals surface area contributed by atoms with Crippen LogP contribution in [0, 0.1) is 0 Å². The Morgan fingerprint density at radius 2 is 1.87 bits per heavy atom. The van der Waals surface area contributed by atoms with Crippen LogP contribution in [-0.4, -0.2) is 46.2 Å². The maximum atomic E-state index is 13.2. The van der Waals surface area contributed by atoms with E-state index in [1.807, 2.05) is 12.1 Å². The molecule has 0 atom stereocenters. The third-order valence-corrected chi connectivity index (χ3v) is 6.56. The van der Waals surface area contributed by atoms with Gasteiger partial charge in [-0.2, -0.15) is 13.2 Å². The summed E-state index contributed by atoms with van der Waals surface area (Å²) in [5, 5.41) is 7.96. The summed E-state index contributed by atoms with van der Waals surface area (Å²) >= 11 is 0. The van der Waals surface area contributed by atoms with Gasteiger partial charge >= 0.3 is 6.18 Å². The van der Waals surface area contributed by atoms with Crippen LogP contribution < -0.4 is 10.1 Å². The number of alkyl halides is 3. The fourth-order valence-corrected chi connectivity index (χ4v) is 4.45. The van der Waals surface area contributed by atoms with E-state index in [1.54, 1.807) is 43.1 Å². The Hall–Kier alpha value is -4.55. The molecule has 0 amide bonds. The number of rotatable bonds is 8. The highest BCUT2D eigenvalue weighted by molar-refractivity contribution is 5.71. The monoisotopic (exact) mass is 535 g/mol. The van der Waals surface area contributed by atoms with E-state index >= 15 is 0 Å².